The highest BCUT2D eigenvalue weighted by molar-refractivity contribution is 7.09. The molecule has 13 heavy (non-hydrogen) atoms. The summed E-state index contributed by atoms with van der Waals surface area (Å²) in [5.41, 5.74) is 5.53. The highest BCUT2D eigenvalue weighted by Crippen LogP contribution is 2.29. The standard InChI is InChI=1S/C10H15NOS/c11-6-8-4-9(5-8)12-7-10-2-1-3-13-10/h1-3,8-9H,4-7,11H2. The van der Waals surface area contributed by atoms with Gasteiger partial charge in [-0.3, -0.25) is 0 Å². The minimum Gasteiger partial charge on any atom is -0.373 e. The van der Waals surface area contributed by atoms with E-state index in [9.17, 15) is 0 Å². The van der Waals surface area contributed by atoms with E-state index < -0.39 is 0 Å². The van der Waals surface area contributed by atoms with Crippen LogP contribution in [-0.2, 0) is 11.3 Å². The molecular weight excluding hydrogens is 182 g/mol. The van der Waals surface area contributed by atoms with E-state index in [1.54, 1.807) is 11.3 Å². The van der Waals surface area contributed by atoms with Gasteiger partial charge in [0.25, 0.3) is 0 Å². The van der Waals surface area contributed by atoms with Crippen LogP contribution in [-0.4, -0.2) is 12.6 Å². The van der Waals surface area contributed by atoms with E-state index in [0.717, 1.165) is 26.0 Å². The number of hydrogen-bond acceptors (Lipinski definition) is 3. The van der Waals surface area contributed by atoms with Crippen LogP contribution in [0.25, 0.3) is 0 Å². The maximum Gasteiger partial charge on any atom is 0.0813 e. The minimum atomic E-state index is 0.468. The van der Waals surface area contributed by atoms with Crippen molar-refractivity contribution in [3.8, 4) is 0 Å². The molecule has 1 fully saturated rings. The molecule has 3 heteroatoms. The summed E-state index contributed by atoms with van der Waals surface area (Å²) in [5.74, 6) is 0.716. The topological polar surface area (TPSA) is 35.2 Å². The van der Waals surface area contributed by atoms with Crippen molar-refractivity contribution in [2.45, 2.75) is 25.6 Å². The Morgan fingerprint density at radius 3 is 3.00 bits per heavy atom. The fourth-order valence-electron chi connectivity index (χ4n) is 1.60. The Morgan fingerprint density at radius 2 is 2.38 bits per heavy atom. The van der Waals surface area contributed by atoms with Crippen LogP contribution in [0.3, 0.4) is 0 Å². The zero-order valence-electron chi connectivity index (χ0n) is 7.61. The van der Waals surface area contributed by atoms with Crippen LogP contribution < -0.4 is 5.73 Å². The number of ether oxygens (including phenoxy) is 1. The summed E-state index contributed by atoms with van der Waals surface area (Å²) in [7, 11) is 0. The first-order chi connectivity index (χ1) is 6.38. The Hall–Kier alpha value is -0.380. The fourth-order valence-corrected chi connectivity index (χ4v) is 2.22. The summed E-state index contributed by atoms with van der Waals surface area (Å²) in [6.45, 7) is 1.60. The Bertz CT molecular complexity index is 241. The van der Waals surface area contributed by atoms with Crippen molar-refractivity contribution < 1.29 is 4.74 Å². The van der Waals surface area contributed by atoms with Crippen LogP contribution in [0.2, 0.25) is 0 Å². The zero-order chi connectivity index (χ0) is 9.10. The van der Waals surface area contributed by atoms with Crippen molar-refractivity contribution in [3.63, 3.8) is 0 Å². The second kappa shape index (κ2) is 4.22. The molecule has 0 aliphatic heterocycles. The lowest BCUT2D eigenvalue weighted by molar-refractivity contribution is -0.0365. The third kappa shape index (κ3) is 2.30. The Kier molecular flexibility index (Phi) is 2.98. The molecule has 1 saturated carbocycles. The van der Waals surface area contributed by atoms with E-state index >= 15 is 0 Å². The molecule has 1 aliphatic carbocycles. The van der Waals surface area contributed by atoms with Crippen LogP contribution in [0, 0.1) is 5.92 Å². The van der Waals surface area contributed by atoms with E-state index in [4.69, 9.17) is 10.5 Å². The number of thiophene rings is 1. The minimum absolute atomic E-state index is 0.468. The average molecular weight is 197 g/mol. The van der Waals surface area contributed by atoms with Gasteiger partial charge in [0.15, 0.2) is 0 Å². The molecule has 1 aromatic heterocycles. The Labute approximate surface area is 82.7 Å². The van der Waals surface area contributed by atoms with Gasteiger partial charge in [-0.15, -0.1) is 11.3 Å². The molecule has 1 heterocycles. The van der Waals surface area contributed by atoms with Gasteiger partial charge in [-0.1, -0.05) is 6.07 Å². The first-order valence-corrected chi connectivity index (χ1v) is 5.60. The molecule has 0 spiro atoms. The quantitative estimate of drug-likeness (QED) is 0.801. The first-order valence-electron chi connectivity index (χ1n) is 4.72. The molecule has 2 rings (SSSR count). The van der Waals surface area contributed by atoms with E-state index in [0.29, 0.717) is 12.0 Å². The number of hydrogen-bond donors (Lipinski definition) is 1. The molecule has 0 aromatic carbocycles. The lowest BCUT2D eigenvalue weighted by Gasteiger charge is -2.34. The largest absolute Gasteiger partial charge is 0.373 e. The summed E-state index contributed by atoms with van der Waals surface area (Å²) in [6, 6.07) is 4.18. The SMILES string of the molecule is NCC1CC(OCc2cccs2)C1. The van der Waals surface area contributed by atoms with Crippen molar-refractivity contribution in [2.24, 2.45) is 11.7 Å². The molecule has 1 aliphatic rings. The smallest absolute Gasteiger partial charge is 0.0813 e. The molecule has 0 saturated heterocycles. The molecular formula is C10H15NOS. The van der Waals surface area contributed by atoms with Crippen LogP contribution >= 0.6 is 11.3 Å². The van der Waals surface area contributed by atoms with Crippen LogP contribution in [0.5, 0.6) is 0 Å². The van der Waals surface area contributed by atoms with Crippen LogP contribution in [0.1, 0.15) is 17.7 Å². The van der Waals surface area contributed by atoms with Crippen molar-refractivity contribution in [3.05, 3.63) is 22.4 Å². The van der Waals surface area contributed by atoms with E-state index in [1.165, 1.54) is 4.88 Å². The average Bonchev–Trinajstić information content (AvgIpc) is 2.54. The predicted molar refractivity (Wildman–Crippen MR) is 54.7 cm³/mol. The second-order valence-corrected chi connectivity index (χ2v) is 4.62. The zero-order valence-corrected chi connectivity index (χ0v) is 8.43. The monoisotopic (exact) mass is 197 g/mol. The van der Waals surface area contributed by atoms with Gasteiger partial charge in [0.1, 0.15) is 0 Å². The van der Waals surface area contributed by atoms with Crippen LogP contribution in [0.4, 0.5) is 0 Å². The summed E-state index contributed by atoms with van der Waals surface area (Å²) in [4.78, 5) is 1.32. The number of rotatable bonds is 4. The molecule has 0 atom stereocenters. The Balaban J connectivity index is 1.65. The molecule has 0 amide bonds. The number of nitrogens with two attached hydrogens (primary N) is 1. The van der Waals surface area contributed by atoms with Gasteiger partial charge < -0.3 is 10.5 Å². The van der Waals surface area contributed by atoms with Crippen molar-refractivity contribution >= 4 is 11.3 Å². The van der Waals surface area contributed by atoms with Gasteiger partial charge in [0, 0.05) is 4.88 Å². The van der Waals surface area contributed by atoms with Crippen LogP contribution in [0.15, 0.2) is 17.5 Å². The van der Waals surface area contributed by atoms with Crippen molar-refractivity contribution in [1.29, 1.82) is 0 Å². The predicted octanol–water partition coefficient (Wildman–Crippen LogP) is 2.00. The van der Waals surface area contributed by atoms with Crippen molar-refractivity contribution in [1.82, 2.24) is 0 Å². The molecule has 2 nitrogen and oxygen atoms in total. The lowest BCUT2D eigenvalue weighted by Crippen LogP contribution is -2.35. The first kappa shape index (κ1) is 9.19. The third-order valence-corrected chi connectivity index (χ3v) is 3.42. The highest BCUT2D eigenvalue weighted by Gasteiger charge is 2.28. The molecule has 72 valence electrons. The second-order valence-electron chi connectivity index (χ2n) is 3.59. The fraction of sp³-hybridized carbons (Fsp3) is 0.600. The highest BCUT2D eigenvalue weighted by atomic mass is 32.1. The summed E-state index contributed by atoms with van der Waals surface area (Å²) >= 11 is 1.76. The summed E-state index contributed by atoms with van der Waals surface area (Å²) in [5, 5.41) is 2.09. The van der Waals surface area contributed by atoms with Gasteiger partial charge in [-0.2, -0.15) is 0 Å². The maximum absolute atomic E-state index is 5.71. The summed E-state index contributed by atoms with van der Waals surface area (Å²) in [6.07, 6.45) is 2.78. The van der Waals surface area contributed by atoms with E-state index in [-0.39, 0.29) is 0 Å². The Morgan fingerprint density at radius 1 is 1.54 bits per heavy atom. The molecule has 2 N–H and O–H groups in total. The summed E-state index contributed by atoms with van der Waals surface area (Å²) < 4.78 is 5.71. The molecule has 1 aromatic rings. The van der Waals surface area contributed by atoms with Gasteiger partial charge in [0.2, 0.25) is 0 Å². The van der Waals surface area contributed by atoms with Gasteiger partial charge in [-0.25, -0.2) is 0 Å². The van der Waals surface area contributed by atoms with Gasteiger partial charge >= 0.3 is 0 Å². The van der Waals surface area contributed by atoms with E-state index in [2.05, 4.69) is 17.5 Å². The maximum atomic E-state index is 5.71. The third-order valence-electron chi connectivity index (χ3n) is 2.57. The van der Waals surface area contributed by atoms with Gasteiger partial charge in [-0.05, 0) is 36.8 Å². The molecule has 0 bridgehead atoms. The molecule has 0 radical (unpaired) electrons. The normalized spacial score (nSPS) is 27.2. The van der Waals surface area contributed by atoms with Crippen molar-refractivity contribution in [2.75, 3.05) is 6.54 Å². The lowest BCUT2D eigenvalue weighted by atomic mass is 9.82. The molecule has 0 unspecified atom stereocenters. The van der Waals surface area contributed by atoms with Gasteiger partial charge in [0.05, 0.1) is 12.7 Å². The van der Waals surface area contributed by atoms with E-state index in [1.807, 2.05) is 0 Å².